The van der Waals surface area contributed by atoms with Gasteiger partial charge in [-0.1, -0.05) is 26.0 Å². The monoisotopic (exact) mass is 332 g/mol. The maximum absolute atomic E-state index is 8.24. The molecule has 1 aromatic carbocycles. The van der Waals surface area contributed by atoms with Gasteiger partial charge in [0.25, 0.3) is 0 Å². The third-order valence-electron chi connectivity index (χ3n) is 4.79. The van der Waals surface area contributed by atoms with Crippen LogP contribution in [0.25, 0.3) is 33.3 Å². The van der Waals surface area contributed by atoms with Gasteiger partial charge in [-0.3, -0.25) is 0 Å². The van der Waals surface area contributed by atoms with Crippen LogP contribution in [0.5, 0.6) is 0 Å². The Morgan fingerprint density at radius 3 is 2.60 bits per heavy atom. The number of fused-ring (bicyclic) bond motifs is 3. The van der Waals surface area contributed by atoms with E-state index in [9.17, 15) is 0 Å². The van der Waals surface area contributed by atoms with Crippen molar-refractivity contribution in [3.63, 3.8) is 0 Å². The summed E-state index contributed by atoms with van der Waals surface area (Å²) in [6.07, 6.45) is 2.07. The van der Waals surface area contributed by atoms with Crippen LogP contribution in [0.4, 0.5) is 0 Å². The molecule has 3 heteroatoms. The highest BCUT2D eigenvalue weighted by Gasteiger charge is 2.21. The molecule has 0 atom stereocenters. The summed E-state index contributed by atoms with van der Waals surface area (Å²) >= 11 is 0. The fourth-order valence-corrected chi connectivity index (χ4v) is 3.34. The molecule has 4 rings (SSSR count). The van der Waals surface area contributed by atoms with Crippen LogP contribution < -0.4 is 4.57 Å². The predicted molar refractivity (Wildman–Crippen MR) is 102 cm³/mol. The van der Waals surface area contributed by atoms with Crippen LogP contribution in [-0.2, 0) is 7.05 Å². The zero-order valence-electron chi connectivity index (χ0n) is 16.3. The number of aromatic nitrogens is 2. The molecule has 0 bridgehead atoms. The second-order valence-electron chi connectivity index (χ2n) is 6.99. The minimum atomic E-state index is -0.755. The van der Waals surface area contributed by atoms with E-state index in [-0.39, 0.29) is 0 Å². The summed E-state index contributed by atoms with van der Waals surface area (Å²) in [5.74, 6) is -0.755. The van der Waals surface area contributed by atoms with Gasteiger partial charge in [0.15, 0.2) is 11.8 Å². The Hall–Kier alpha value is -2.68. The molecule has 0 saturated heterocycles. The van der Waals surface area contributed by atoms with Gasteiger partial charge in [-0.05, 0) is 43.0 Å². The quantitative estimate of drug-likeness (QED) is 0.471. The van der Waals surface area contributed by atoms with Crippen LogP contribution in [0, 0.1) is 13.8 Å². The molecule has 3 aromatic heterocycles. The summed E-state index contributed by atoms with van der Waals surface area (Å²) in [4.78, 5) is 4.63. The molecule has 0 fully saturated rings. The molecule has 0 aliphatic rings. The lowest BCUT2D eigenvalue weighted by Gasteiger charge is -2.06. The van der Waals surface area contributed by atoms with Crippen molar-refractivity contribution in [2.45, 2.75) is 33.6 Å². The van der Waals surface area contributed by atoms with Crippen LogP contribution in [-0.4, -0.2) is 4.98 Å². The summed E-state index contributed by atoms with van der Waals surface area (Å²) in [6, 6.07) is 12.5. The number of hydrogen-bond donors (Lipinski definition) is 0. The smallest absolute Gasteiger partial charge is 0.227 e. The molecule has 0 spiro atoms. The van der Waals surface area contributed by atoms with Gasteiger partial charge in [0.1, 0.15) is 7.05 Å². The highest BCUT2D eigenvalue weighted by molar-refractivity contribution is 6.08. The number of furan rings is 1. The summed E-state index contributed by atoms with van der Waals surface area (Å²) in [5.41, 5.74) is 6.75. The molecule has 25 heavy (non-hydrogen) atoms. The van der Waals surface area contributed by atoms with E-state index in [1.165, 1.54) is 11.1 Å². The fraction of sp³-hybridized carbons (Fsp3) is 0.273. The minimum Gasteiger partial charge on any atom is -0.437 e. The number of pyridine rings is 2. The van der Waals surface area contributed by atoms with Crippen LogP contribution in [0.2, 0.25) is 0 Å². The molecule has 0 unspecified atom stereocenters. The molecule has 0 aliphatic heterocycles. The van der Waals surface area contributed by atoms with E-state index < -0.39 is 5.89 Å². The first-order chi connectivity index (χ1) is 12.3. The average molecular weight is 332 g/mol. The molecule has 4 aromatic rings. The normalized spacial score (nSPS) is 12.8. The number of aryl methyl sites for hydroxylation is 3. The Kier molecular flexibility index (Phi) is 3.34. The molecule has 0 amide bonds. The van der Waals surface area contributed by atoms with E-state index in [1.807, 2.05) is 26.0 Å². The standard InChI is InChI=1S/C22H23N2O/c1-13(2)18-9-8-17-16-7-6-15(4)20(21(16)25-22(17)23-18)19-12-14(3)10-11-24(19)5/h6-13H,1-5H3/q+1/i13D. The van der Waals surface area contributed by atoms with Gasteiger partial charge in [0.05, 0.1) is 5.56 Å². The van der Waals surface area contributed by atoms with E-state index in [0.717, 1.165) is 27.6 Å². The van der Waals surface area contributed by atoms with Gasteiger partial charge in [-0.25, -0.2) is 9.55 Å². The van der Waals surface area contributed by atoms with Crippen LogP contribution >= 0.6 is 0 Å². The van der Waals surface area contributed by atoms with Crippen molar-refractivity contribution in [2.24, 2.45) is 7.05 Å². The molecule has 0 aliphatic carbocycles. The molecule has 0 N–H and O–H groups in total. The van der Waals surface area contributed by atoms with Crippen molar-refractivity contribution in [3.8, 4) is 11.3 Å². The minimum absolute atomic E-state index is 0.597. The summed E-state index contributed by atoms with van der Waals surface area (Å²) in [6.45, 7) is 7.89. The Morgan fingerprint density at radius 2 is 1.84 bits per heavy atom. The van der Waals surface area contributed by atoms with Gasteiger partial charge < -0.3 is 4.42 Å². The lowest BCUT2D eigenvalue weighted by Crippen LogP contribution is -2.30. The lowest BCUT2D eigenvalue weighted by molar-refractivity contribution is -0.660. The SMILES string of the molecule is [2H]C(C)(C)c1ccc2c(n1)oc1c(-c3cc(C)cc[n+]3C)c(C)ccc12. The van der Waals surface area contributed by atoms with Crippen LogP contribution in [0.3, 0.4) is 0 Å². The second kappa shape index (κ2) is 5.69. The summed E-state index contributed by atoms with van der Waals surface area (Å²) < 4.78 is 16.6. The van der Waals surface area contributed by atoms with E-state index in [1.54, 1.807) is 0 Å². The molecule has 0 saturated carbocycles. The van der Waals surface area contributed by atoms with Crippen molar-refractivity contribution < 1.29 is 10.4 Å². The maximum atomic E-state index is 8.24. The average Bonchev–Trinajstić information content (AvgIpc) is 2.94. The lowest BCUT2D eigenvalue weighted by atomic mass is 10.00. The first-order valence-corrected chi connectivity index (χ1v) is 8.56. The van der Waals surface area contributed by atoms with Gasteiger partial charge in [-0.2, -0.15) is 0 Å². The first-order valence-electron chi connectivity index (χ1n) is 9.06. The molecule has 3 nitrogen and oxygen atoms in total. The van der Waals surface area contributed by atoms with Crippen molar-refractivity contribution in [1.29, 1.82) is 0 Å². The molecule has 0 radical (unpaired) electrons. The Balaban J connectivity index is 2.08. The molecular weight excluding hydrogens is 308 g/mol. The second-order valence-corrected chi connectivity index (χ2v) is 6.99. The van der Waals surface area contributed by atoms with Gasteiger partial charge in [-0.15, -0.1) is 0 Å². The van der Waals surface area contributed by atoms with E-state index >= 15 is 0 Å². The first kappa shape index (κ1) is 14.6. The number of rotatable bonds is 2. The van der Waals surface area contributed by atoms with Crippen molar-refractivity contribution >= 4 is 22.1 Å². The van der Waals surface area contributed by atoms with E-state index in [2.05, 4.69) is 60.9 Å². The van der Waals surface area contributed by atoms with Crippen molar-refractivity contribution in [1.82, 2.24) is 4.98 Å². The van der Waals surface area contributed by atoms with Crippen LogP contribution in [0.15, 0.2) is 47.0 Å². The summed E-state index contributed by atoms with van der Waals surface area (Å²) in [7, 11) is 2.05. The molecule has 3 heterocycles. The number of benzene rings is 1. The highest BCUT2D eigenvalue weighted by atomic mass is 16.3. The molecule has 126 valence electrons. The number of hydrogen-bond acceptors (Lipinski definition) is 2. The predicted octanol–water partition coefficient (Wildman–Crippen LogP) is 5.21. The fourth-order valence-electron chi connectivity index (χ4n) is 3.34. The maximum Gasteiger partial charge on any atom is 0.227 e. The topological polar surface area (TPSA) is 29.9 Å². The van der Waals surface area contributed by atoms with Gasteiger partial charge in [0, 0.05) is 30.0 Å². The summed E-state index contributed by atoms with van der Waals surface area (Å²) in [5, 5.41) is 2.05. The third kappa shape index (κ3) is 2.51. The Bertz CT molecular complexity index is 1150. The van der Waals surface area contributed by atoms with Gasteiger partial charge in [0.2, 0.25) is 11.4 Å². The third-order valence-corrected chi connectivity index (χ3v) is 4.79. The number of nitrogens with zero attached hydrogens (tertiary/aromatic N) is 2. The largest absolute Gasteiger partial charge is 0.437 e. The van der Waals surface area contributed by atoms with Crippen molar-refractivity contribution in [3.05, 3.63) is 59.4 Å². The highest BCUT2D eigenvalue weighted by Crippen LogP contribution is 2.36. The molecular formula is C22H23N2O+. The van der Waals surface area contributed by atoms with Crippen molar-refractivity contribution in [2.75, 3.05) is 0 Å². The zero-order valence-corrected chi connectivity index (χ0v) is 15.3. The van der Waals surface area contributed by atoms with Gasteiger partial charge >= 0.3 is 0 Å². The zero-order chi connectivity index (χ0) is 18.6. The Morgan fingerprint density at radius 1 is 1.08 bits per heavy atom. The van der Waals surface area contributed by atoms with Crippen LogP contribution in [0.1, 0.15) is 37.9 Å². The Labute approximate surface area is 149 Å². The van der Waals surface area contributed by atoms with E-state index in [0.29, 0.717) is 11.4 Å². The van der Waals surface area contributed by atoms with E-state index in [4.69, 9.17) is 5.79 Å².